The second-order valence-electron chi connectivity index (χ2n) is 5.24. The van der Waals surface area contributed by atoms with Gasteiger partial charge in [0.2, 0.25) is 0 Å². The lowest BCUT2D eigenvalue weighted by atomic mass is 9.92. The Kier molecular flexibility index (Phi) is 3.05. The number of aryl methyl sites for hydroxylation is 1. The van der Waals surface area contributed by atoms with Crippen LogP contribution in [0.3, 0.4) is 0 Å². The Bertz CT molecular complexity index is 638. The number of aromatic amines is 1. The van der Waals surface area contributed by atoms with Crippen molar-refractivity contribution in [1.82, 2.24) is 9.55 Å². The fourth-order valence-electron chi connectivity index (χ4n) is 3.19. The largest absolute Gasteiger partial charge is 0.394 e. The van der Waals surface area contributed by atoms with E-state index in [0.717, 1.165) is 0 Å². The third-order valence-corrected chi connectivity index (χ3v) is 4.07. The van der Waals surface area contributed by atoms with Gasteiger partial charge in [-0.15, -0.1) is 0 Å². The monoisotopic (exact) mass is 284 g/mol. The summed E-state index contributed by atoms with van der Waals surface area (Å²) < 4.78 is 6.80. The highest BCUT2D eigenvalue weighted by Crippen LogP contribution is 2.41. The van der Waals surface area contributed by atoms with Gasteiger partial charge in [-0.3, -0.25) is 14.3 Å². The van der Waals surface area contributed by atoms with Crippen LogP contribution < -0.4 is 11.2 Å². The Morgan fingerprint density at radius 2 is 2.20 bits per heavy atom. The van der Waals surface area contributed by atoms with Gasteiger partial charge in [0.05, 0.1) is 6.61 Å². The number of aliphatic hydroxyl groups excluding tert-OH is 3. The van der Waals surface area contributed by atoms with Crippen LogP contribution in [0.1, 0.15) is 18.5 Å². The number of hydrogen-bond donors (Lipinski definition) is 4. The van der Waals surface area contributed by atoms with E-state index in [0.29, 0.717) is 25.0 Å². The summed E-state index contributed by atoms with van der Waals surface area (Å²) in [5.74, 6) is 0. The fourth-order valence-corrected chi connectivity index (χ4v) is 3.19. The van der Waals surface area contributed by atoms with Crippen LogP contribution >= 0.6 is 0 Å². The van der Waals surface area contributed by atoms with Crippen LogP contribution in [0.5, 0.6) is 0 Å². The van der Waals surface area contributed by atoms with Crippen molar-refractivity contribution in [3.8, 4) is 0 Å². The molecule has 8 heteroatoms. The van der Waals surface area contributed by atoms with Gasteiger partial charge in [0, 0.05) is 11.8 Å². The summed E-state index contributed by atoms with van der Waals surface area (Å²) in [5.41, 5.74) is -2.17. The molecule has 20 heavy (non-hydrogen) atoms. The van der Waals surface area contributed by atoms with Crippen molar-refractivity contribution in [2.45, 2.75) is 43.3 Å². The lowest BCUT2D eigenvalue weighted by Crippen LogP contribution is -2.54. The minimum atomic E-state index is -1.43. The molecular formula is C12H16N2O6. The molecule has 0 saturated carbocycles. The molecule has 1 saturated heterocycles. The normalized spacial score (nSPS) is 36.2. The summed E-state index contributed by atoms with van der Waals surface area (Å²) >= 11 is 0. The summed E-state index contributed by atoms with van der Waals surface area (Å²) in [4.78, 5) is 25.6. The van der Waals surface area contributed by atoms with Gasteiger partial charge in [0.1, 0.15) is 18.3 Å². The maximum atomic E-state index is 12.1. The van der Waals surface area contributed by atoms with E-state index in [1.54, 1.807) is 0 Å². The number of H-pyrrole nitrogens is 1. The van der Waals surface area contributed by atoms with E-state index in [1.165, 1.54) is 10.6 Å². The van der Waals surface area contributed by atoms with Crippen molar-refractivity contribution in [2.24, 2.45) is 0 Å². The molecule has 110 valence electrons. The number of nitrogens with zero attached hydrogens (tertiary/aromatic N) is 1. The van der Waals surface area contributed by atoms with Gasteiger partial charge >= 0.3 is 5.69 Å². The van der Waals surface area contributed by atoms with E-state index < -0.39 is 41.9 Å². The topological polar surface area (TPSA) is 125 Å². The highest BCUT2D eigenvalue weighted by Gasteiger charge is 2.56. The molecule has 1 spiro atoms. The Morgan fingerprint density at radius 3 is 2.85 bits per heavy atom. The van der Waals surface area contributed by atoms with Crippen LogP contribution in [0.4, 0.5) is 0 Å². The molecule has 0 aromatic carbocycles. The number of aliphatic hydroxyl groups is 3. The molecule has 2 aliphatic rings. The van der Waals surface area contributed by atoms with E-state index in [2.05, 4.69) is 4.98 Å². The third kappa shape index (κ3) is 1.69. The van der Waals surface area contributed by atoms with Crippen molar-refractivity contribution in [2.75, 3.05) is 6.61 Å². The molecule has 4 atom stereocenters. The molecule has 2 aliphatic heterocycles. The highest BCUT2D eigenvalue weighted by atomic mass is 16.6. The predicted octanol–water partition coefficient (Wildman–Crippen LogP) is -2.36. The van der Waals surface area contributed by atoms with Crippen LogP contribution in [-0.4, -0.2) is 49.8 Å². The van der Waals surface area contributed by atoms with Gasteiger partial charge in [0.25, 0.3) is 5.56 Å². The molecule has 1 aromatic rings. The van der Waals surface area contributed by atoms with E-state index in [4.69, 9.17) is 4.74 Å². The van der Waals surface area contributed by atoms with Crippen molar-refractivity contribution >= 4 is 0 Å². The molecule has 3 rings (SSSR count). The van der Waals surface area contributed by atoms with E-state index in [9.17, 15) is 24.9 Å². The lowest BCUT2D eigenvalue weighted by molar-refractivity contribution is -0.162. The van der Waals surface area contributed by atoms with Crippen molar-refractivity contribution < 1.29 is 20.1 Å². The second-order valence-corrected chi connectivity index (χ2v) is 5.24. The molecule has 8 nitrogen and oxygen atoms in total. The predicted molar refractivity (Wildman–Crippen MR) is 66.2 cm³/mol. The summed E-state index contributed by atoms with van der Waals surface area (Å²) in [7, 11) is 0. The zero-order chi connectivity index (χ0) is 14.5. The number of fused-ring (bicyclic) bond motifs is 2. The van der Waals surface area contributed by atoms with Crippen LogP contribution in [0.2, 0.25) is 0 Å². The van der Waals surface area contributed by atoms with Gasteiger partial charge in [-0.1, -0.05) is 0 Å². The maximum Gasteiger partial charge on any atom is 0.330 e. The van der Waals surface area contributed by atoms with E-state index >= 15 is 0 Å². The van der Waals surface area contributed by atoms with Crippen molar-refractivity contribution in [3.05, 3.63) is 32.6 Å². The van der Waals surface area contributed by atoms with E-state index in [-0.39, 0.29) is 0 Å². The summed E-state index contributed by atoms with van der Waals surface area (Å²) in [6, 6.07) is 1.29. The van der Waals surface area contributed by atoms with Crippen LogP contribution in [-0.2, 0) is 16.9 Å². The molecule has 3 heterocycles. The Labute approximate surface area is 113 Å². The third-order valence-electron chi connectivity index (χ3n) is 4.07. The molecule has 0 aliphatic carbocycles. The standard InChI is InChI=1S/C12H16N2O6/c15-5-7-9(17)10(18)12(20-7)3-1-2-6-4-8(16)13-11(19)14(6)12/h4,7,9-10,15,17-18H,1-3,5H2,(H,13,16,19)/t7-,9-,10-,12-/m1/s1. The Morgan fingerprint density at radius 1 is 1.45 bits per heavy atom. The van der Waals surface area contributed by atoms with Crippen LogP contribution in [0.15, 0.2) is 15.7 Å². The Balaban J connectivity index is 2.20. The average molecular weight is 284 g/mol. The van der Waals surface area contributed by atoms with Crippen LogP contribution in [0, 0.1) is 0 Å². The van der Waals surface area contributed by atoms with Gasteiger partial charge < -0.3 is 20.1 Å². The molecular weight excluding hydrogens is 268 g/mol. The summed E-state index contributed by atoms with van der Waals surface area (Å²) in [6.45, 7) is -0.465. The van der Waals surface area contributed by atoms with Gasteiger partial charge in [0.15, 0.2) is 5.72 Å². The number of hydrogen-bond acceptors (Lipinski definition) is 6. The smallest absolute Gasteiger partial charge is 0.330 e. The summed E-state index contributed by atoms with van der Waals surface area (Å²) in [6.07, 6.45) is -2.16. The molecule has 0 radical (unpaired) electrons. The molecule has 1 fully saturated rings. The zero-order valence-electron chi connectivity index (χ0n) is 10.7. The lowest BCUT2D eigenvalue weighted by Gasteiger charge is -2.38. The number of aromatic nitrogens is 2. The highest BCUT2D eigenvalue weighted by molar-refractivity contribution is 5.12. The fraction of sp³-hybridized carbons (Fsp3) is 0.667. The first kappa shape index (κ1) is 13.5. The number of ether oxygens (including phenoxy) is 1. The first-order valence-electron chi connectivity index (χ1n) is 6.50. The second kappa shape index (κ2) is 4.52. The maximum absolute atomic E-state index is 12.1. The average Bonchev–Trinajstić information content (AvgIpc) is 2.64. The minimum absolute atomic E-state index is 0.320. The zero-order valence-corrected chi connectivity index (χ0v) is 10.7. The van der Waals surface area contributed by atoms with Crippen molar-refractivity contribution in [1.29, 1.82) is 0 Å². The number of rotatable bonds is 1. The molecule has 0 amide bonds. The first-order valence-corrected chi connectivity index (χ1v) is 6.50. The number of nitrogens with one attached hydrogen (secondary N) is 1. The first-order chi connectivity index (χ1) is 9.49. The quantitative estimate of drug-likeness (QED) is 0.457. The van der Waals surface area contributed by atoms with Gasteiger partial charge in [-0.2, -0.15) is 0 Å². The van der Waals surface area contributed by atoms with Crippen LogP contribution in [0.25, 0.3) is 0 Å². The SMILES string of the molecule is O=c1cc2n(c(=O)[nH]1)[C@]1(CCC2)O[C@H](CO)[C@@H](O)[C@H]1O. The van der Waals surface area contributed by atoms with Gasteiger partial charge in [-0.05, 0) is 19.3 Å². The minimum Gasteiger partial charge on any atom is -0.394 e. The Hall–Kier alpha value is -1.48. The van der Waals surface area contributed by atoms with Gasteiger partial charge in [-0.25, -0.2) is 4.79 Å². The molecule has 0 unspecified atom stereocenters. The van der Waals surface area contributed by atoms with Crippen molar-refractivity contribution in [3.63, 3.8) is 0 Å². The summed E-state index contributed by atoms with van der Waals surface area (Å²) in [5, 5.41) is 29.4. The van der Waals surface area contributed by atoms with E-state index in [1.807, 2.05) is 0 Å². The molecule has 4 N–H and O–H groups in total. The molecule has 0 bridgehead atoms. The molecule has 1 aromatic heterocycles.